The van der Waals surface area contributed by atoms with Crippen molar-refractivity contribution in [2.75, 3.05) is 5.75 Å². The van der Waals surface area contributed by atoms with Crippen LogP contribution in [-0.4, -0.2) is 17.0 Å². The van der Waals surface area contributed by atoms with Crippen LogP contribution in [0.3, 0.4) is 0 Å². The molecule has 2 aromatic rings. The highest BCUT2D eigenvalue weighted by atomic mass is 32.2. The van der Waals surface area contributed by atoms with E-state index in [-0.39, 0.29) is 11.9 Å². The Labute approximate surface area is 122 Å². The minimum Gasteiger partial charge on any atom is -0.392 e. The number of halogens is 1. The van der Waals surface area contributed by atoms with Crippen molar-refractivity contribution in [1.82, 2.24) is 0 Å². The number of aliphatic hydroxyl groups is 1. The molecule has 3 heteroatoms. The van der Waals surface area contributed by atoms with Crippen molar-refractivity contribution in [3.8, 4) is 0 Å². The molecule has 0 spiro atoms. The molecule has 0 saturated heterocycles. The van der Waals surface area contributed by atoms with Gasteiger partial charge in [0.05, 0.1) is 6.10 Å². The van der Waals surface area contributed by atoms with Gasteiger partial charge in [0.1, 0.15) is 5.82 Å². The van der Waals surface area contributed by atoms with Gasteiger partial charge in [0.25, 0.3) is 0 Å². The molecule has 0 aromatic heterocycles. The number of rotatable bonds is 5. The van der Waals surface area contributed by atoms with Crippen molar-refractivity contribution in [2.24, 2.45) is 0 Å². The summed E-state index contributed by atoms with van der Waals surface area (Å²) in [4.78, 5) is 0.999. The summed E-state index contributed by atoms with van der Waals surface area (Å²) in [5, 5.41) is 10.1. The van der Waals surface area contributed by atoms with E-state index in [1.54, 1.807) is 23.9 Å². The maximum atomic E-state index is 12.8. The summed E-state index contributed by atoms with van der Waals surface area (Å²) in [6.07, 6.45) is 1.57. The molecule has 0 radical (unpaired) electrons. The number of hydrogen-bond acceptors (Lipinski definition) is 2. The van der Waals surface area contributed by atoms with Crippen LogP contribution in [0.15, 0.2) is 53.4 Å². The van der Waals surface area contributed by atoms with Crippen LogP contribution in [0.5, 0.6) is 0 Å². The molecule has 104 valence electrons. The first-order valence-electron chi connectivity index (χ1n) is 6.86. The molecule has 3 rings (SSSR count). The average molecular weight is 288 g/mol. The molecule has 1 aliphatic rings. The maximum absolute atomic E-state index is 12.8. The lowest BCUT2D eigenvalue weighted by Crippen LogP contribution is -2.23. The van der Waals surface area contributed by atoms with Gasteiger partial charge < -0.3 is 5.11 Å². The molecule has 1 N–H and O–H groups in total. The lowest BCUT2D eigenvalue weighted by atomic mass is 9.75. The Hall–Kier alpha value is -1.32. The second-order valence-electron chi connectivity index (χ2n) is 5.25. The zero-order chi connectivity index (χ0) is 13.9. The second-order valence-corrected chi connectivity index (χ2v) is 6.35. The summed E-state index contributed by atoms with van der Waals surface area (Å²) in [7, 11) is 0. The molecule has 2 unspecified atom stereocenters. The number of aliphatic hydroxyl groups excluding tert-OH is 1. The fourth-order valence-electron chi connectivity index (χ4n) is 2.69. The molecule has 2 aromatic carbocycles. The predicted octanol–water partition coefficient (Wildman–Crippen LogP) is 4.01. The highest BCUT2D eigenvalue weighted by Gasteiger charge is 2.27. The standard InChI is InChI=1S/C17H17FOS/c18-14-5-7-16(8-6-14)20-11-15(19)10-13-9-12-3-1-2-4-17(12)13/h1-8,13,15,19H,9-11H2. The monoisotopic (exact) mass is 288 g/mol. The van der Waals surface area contributed by atoms with E-state index in [4.69, 9.17) is 0 Å². The van der Waals surface area contributed by atoms with Gasteiger partial charge in [-0.25, -0.2) is 4.39 Å². The van der Waals surface area contributed by atoms with Gasteiger partial charge in [-0.15, -0.1) is 11.8 Å². The molecular weight excluding hydrogens is 271 g/mol. The summed E-state index contributed by atoms with van der Waals surface area (Å²) in [5.74, 6) is 0.931. The van der Waals surface area contributed by atoms with Crippen molar-refractivity contribution in [3.63, 3.8) is 0 Å². The SMILES string of the molecule is OC(CSc1ccc(F)cc1)CC1Cc2ccccc21. The first-order chi connectivity index (χ1) is 9.72. The van der Waals surface area contributed by atoms with Gasteiger partial charge in [-0.1, -0.05) is 24.3 Å². The lowest BCUT2D eigenvalue weighted by molar-refractivity contribution is 0.175. The van der Waals surface area contributed by atoms with Gasteiger partial charge >= 0.3 is 0 Å². The van der Waals surface area contributed by atoms with E-state index >= 15 is 0 Å². The van der Waals surface area contributed by atoms with Crippen LogP contribution in [0.2, 0.25) is 0 Å². The Kier molecular flexibility index (Phi) is 4.08. The smallest absolute Gasteiger partial charge is 0.123 e. The van der Waals surface area contributed by atoms with E-state index in [9.17, 15) is 9.50 Å². The Bertz CT molecular complexity index is 582. The molecule has 1 nitrogen and oxygen atoms in total. The Morgan fingerprint density at radius 3 is 2.65 bits per heavy atom. The molecular formula is C17H17FOS. The van der Waals surface area contributed by atoms with Crippen molar-refractivity contribution in [3.05, 3.63) is 65.5 Å². The normalized spacial score (nSPS) is 18.2. The van der Waals surface area contributed by atoms with Crippen LogP contribution < -0.4 is 0 Å². The van der Waals surface area contributed by atoms with Gasteiger partial charge in [-0.3, -0.25) is 0 Å². The number of hydrogen-bond donors (Lipinski definition) is 1. The summed E-state index contributed by atoms with van der Waals surface area (Å²) in [5.41, 5.74) is 2.80. The van der Waals surface area contributed by atoms with Gasteiger partial charge in [0, 0.05) is 10.6 Å². The number of benzene rings is 2. The first kappa shape index (κ1) is 13.7. The van der Waals surface area contributed by atoms with Crippen LogP contribution in [0.25, 0.3) is 0 Å². The molecule has 0 heterocycles. The van der Waals surface area contributed by atoms with Gasteiger partial charge in [-0.2, -0.15) is 0 Å². The van der Waals surface area contributed by atoms with Crippen molar-refractivity contribution in [1.29, 1.82) is 0 Å². The quantitative estimate of drug-likeness (QED) is 0.839. The van der Waals surface area contributed by atoms with E-state index in [0.717, 1.165) is 17.7 Å². The molecule has 0 amide bonds. The predicted molar refractivity (Wildman–Crippen MR) is 80.6 cm³/mol. The lowest BCUT2D eigenvalue weighted by Gasteiger charge is -2.31. The minimum atomic E-state index is -0.316. The summed E-state index contributed by atoms with van der Waals surface area (Å²) in [6.45, 7) is 0. The van der Waals surface area contributed by atoms with Crippen LogP contribution >= 0.6 is 11.8 Å². The van der Waals surface area contributed by atoms with Crippen molar-refractivity contribution >= 4 is 11.8 Å². The zero-order valence-corrected chi connectivity index (χ0v) is 11.9. The fourth-order valence-corrected chi connectivity index (χ4v) is 3.54. The maximum Gasteiger partial charge on any atom is 0.123 e. The van der Waals surface area contributed by atoms with Crippen LogP contribution in [0.4, 0.5) is 4.39 Å². The number of fused-ring (bicyclic) bond motifs is 1. The zero-order valence-electron chi connectivity index (χ0n) is 11.1. The van der Waals surface area contributed by atoms with Crippen molar-refractivity contribution in [2.45, 2.75) is 29.8 Å². The molecule has 0 saturated carbocycles. The third kappa shape index (κ3) is 3.05. The molecule has 20 heavy (non-hydrogen) atoms. The molecule has 0 aliphatic heterocycles. The Morgan fingerprint density at radius 1 is 1.15 bits per heavy atom. The highest BCUT2D eigenvalue weighted by molar-refractivity contribution is 7.99. The largest absolute Gasteiger partial charge is 0.392 e. The first-order valence-corrected chi connectivity index (χ1v) is 7.85. The van der Waals surface area contributed by atoms with E-state index in [1.807, 2.05) is 0 Å². The Morgan fingerprint density at radius 2 is 1.90 bits per heavy atom. The molecule has 1 aliphatic carbocycles. The van der Waals surface area contributed by atoms with Gasteiger partial charge in [-0.05, 0) is 54.2 Å². The Balaban J connectivity index is 1.49. The summed E-state index contributed by atoms with van der Waals surface area (Å²) >= 11 is 1.58. The molecule has 0 fully saturated rings. The van der Waals surface area contributed by atoms with E-state index in [1.165, 1.54) is 23.3 Å². The second kappa shape index (κ2) is 5.98. The fraction of sp³-hybridized carbons (Fsp3) is 0.294. The summed E-state index contributed by atoms with van der Waals surface area (Å²) < 4.78 is 12.8. The summed E-state index contributed by atoms with van der Waals surface area (Å²) in [6, 6.07) is 14.9. The van der Waals surface area contributed by atoms with E-state index in [2.05, 4.69) is 24.3 Å². The molecule has 0 bridgehead atoms. The van der Waals surface area contributed by atoms with Gasteiger partial charge in [0.15, 0.2) is 0 Å². The molecule has 2 atom stereocenters. The van der Waals surface area contributed by atoms with E-state index < -0.39 is 0 Å². The third-order valence-electron chi connectivity index (χ3n) is 3.77. The number of thioether (sulfide) groups is 1. The third-order valence-corrected chi connectivity index (χ3v) is 4.93. The topological polar surface area (TPSA) is 20.2 Å². The van der Waals surface area contributed by atoms with Gasteiger partial charge in [0.2, 0.25) is 0 Å². The van der Waals surface area contributed by atoms with Crippen LogP contribution in [0, 0.1) is 5.82 Å². The minimum absolute atomic E-state index is 0.221. The average Bonchev–Trinajstić information content (AvgIpc) is 2.44. The van der Waals surface area contributed by atoms with Crippen LogP contribution in [-0.2, 0) is 6.42 Å². The van der Waals surface area contributed by atoms with E-state index in [0.29, 0.717) is 11.7 Å². The van der Waals surface area contributed by atoms with Crippen LogP contribution in [0.1, 0.15) is 23.5 Å². The highest BCUT2D eigenvalue weighted by Crippen LogP contribution is 2.38. The van der Waals surface area contributed by atoms with Crippen molar-refractivity contribution < 1.29 is 9.50 Å².